The zero-order valence-corrected chi connectivity index (χ0v) is 15.4. The van der Waals surface area contributed by atoms with Crippen LogP contribution in [0.15, 0.2) is 42.7 Å². The quantitative estimate of drug-likeness (QED) is 0.533. The molecule has 0 aliphatic heterocycles. The number of aromatic nitrogens is 5. The molecule has 1 aliphatic rings. The number of hydrogen-bond donors (Lipinski definition) is 2. The molecule has 1 saturated carbocycles. The maximum absolute atomic E-state index is 13.3. The summed E-state index contributed by atoms with van der Waals surface area (Å²) in [5.41, 5.74) is 8.67. The number of nitrogens with zero attached hydrogens (tertiary/aromatic N) is 5. The maximum Gasteiger partial charge on any atom is 0.229 e. The topological polar surface area (TPSA) is 94.5 Å². The molecule has 7 nitrogen and oxygen atoms in total. The second-order valence-electron chi connectivity index (χ2n) is 6.66. The monoisotopic (exact) mass is 395 g/mol. The lowest BCUT2D eigenvalue weighted by Crippen LogP contribution is -2.02. The fourth-order valence-corrected chi connectivity index (χ4v) is 3.35. The van der Waals surface area contributed by atoms with Crippen molar-refractivity contribution in [2.24, 2.45) is 0 Å². The van der Waals surface area contributed by atoms with Gasteiger partial charge < -0.3 is 15.6 Å². The summed E-state index contributed by atoms with van der Waals surface area (Å²) in [6.45, 7) is 0. The van der Waals surface area contributed by atoms with Gasteiger partial charge in [-0.1, -0.05) is 11.6 Å². The third-order valence-electron chi connectivity index (χ3n) is 4.56. The van der Waals surface area contributed by atoms with Crippen LogP contribution in [-0.2, 0) is 0 Å². The number of nitrogens with one attached hydrogen (secondary N) is 1. The number of pyridine rings is 1. The predicted octanol–water partition coefficient (Wildman–Crippen LogP) is 4.34. The number of hydrogen-bond acceptors (Lipinski definition) is 6. The largest absolute Gasteiger partial charge is 0.384 e. The summed E-state index contributed by atoms with van der Waals surface area (Å²) < 4.78 is 15.4. The van der Waals surface area contributed by atoms with Crippen molar-refractivity contribution in [1.29, 1.82) is 0 Å². The van der Waals surface area contributed by atoms with Crippen LogP contribution in [-0.4, -0.2) is 24.5 Å². The van der Waals surface area contributed by atoms with Crippen molar-refractivity contribution in [1.82, 2.24) is 24.5 Å². The van der Waals surface area contributed by atoms with Gasteiger partial charge in [0.05, 0.1) is 16.9 Å². The van der Waals surface area contributed by atoms with E-state index in [-0.39, 0.29) is 5.02 Å². The van der Waals surface area contributed by atoms with Crippen LogP contribution in [0.2, 0.25) is 5.02 Å². The molecular formula is C19H15ClFN7. The van der Waals surface area contributed by atoms with Crippen LogP contribution in [0.25, 0.3) is 22.6 Å². The Kier molecular flexibility index (Phi) is 3.87. The molecule has 0 unspecified atom stereocenters. The van der Waals surface area contributed by atoms with Crippen LogP contribution in [0.3, 0.4) is 0 Å². The third kappa shape index (κ3) is 3.01. The molecule has 5 rings (SSSR count). The molecule has 28 heavy (non-hydrogen) atoms. The van der Waals surface area contributed by atoms with Crippen LogP contribution in [0, 0.1) is 5.82 Å². The number of nitrogen functional groups attached to an aromatic ring is 1. The van der Waals surface area contributed by atoms with Gasteiger partial charge in [-0.3, -0.25) is 0 Å². The molecule has 4 aromatic rings. The molecule has 0 atom stereocenters. The first-order valence-electron chi connectivity index (χ1n) is 8.77. The van der Waals surface area contributed by atoms with Gasteiger partial charge >= 0.3 is 0 Å². The molecule has 9 heteroatoms. The zero-order chi connectivity index (χ0) is 19.3. The number of halogens is 2. The van der Waals surface area contributed by atoms with E-state index >= 15 is 0 Å². The number of imidazole rings is 1. The van der Waals surface area contributed by atoms with Gasteiger partial charge in [0, 0.05) is 17.8 Å². The van der Waals surface area contributed by atoms with Crippen LogP contribution in [0.4, 0.5) is 21.8 Å². The fourth-order valence-electron chi connectivity index (χ4n) is 3.13. The van der Waals surface area contributed by atoms with E-state index in [2.05, 4.69) is 24.8 Å². The summed E-state index contributed by atoms with van der Waals surface area (Å²) in [5.74, 6) is 1.19. The molecule has 3 heterocycles. The summed E-state index contributed by atoms with van der Waals surface area (Å²) in [5, 5.41) is 3.30. The van der Waals surface area contributed by atoms with Gasteiger partial charge in [0.25, 0.3) is 0 Å². The Balaban J connectivity index is 1.60. The van der Waals surface area contributed by atoms with Crippen LogP contribution < -0.4 is 11.1 Å². The molecule has 3 N–H and O–H groups in total. The minimum atomic E-state index is -0.403. The lowest BCUT2D eigenvalue weighted by Gasteiger charge is -2.09. The Labute approximate surface area is 164 Å². The van der Waals surface area contributed by atoms with Gasteiger partial charge in [0.15, 0.2) is 5.65 Å². The first-order chi connectivity index (χ1) is 13.6. The third-order valence-corrected chi connectivity index (χ3v) is 4.87. The number of nitrogens with two attached hydrogens (primary N) is 1. The van der Waals surface area contributed by atoms with Gasteiger partial charge in [-0.15, -0.1) is 0 Å². The summed E-state index contributed by atoms with van der Waals surface area (Å²) in [6, 6.07) is 8.13. The van der Waals surface area contributed by atoms with Crippen molar-refractivity contribution in [3.05, 3.63) is 53.6 Å². The van der Waals surface area contributed by atoms with Crippen molar-refractivity contribution in [3.63, 3.8) is 0 Å². The Hall–Kier alpha value is -3.26. The molecule has 0 saturated heterocycles. The van der Waals surface area contributed by atoms with E-state index in [1.807, 2.05) is 6.07 Å². The highest BCUT2D eigenvalue weighted by Crippen LogP contribution is 2.41. The van der Waals surface area contributed by atoms with Gasteiger partial charge in [0.2, 0.25) is 5.95 Å². The summed E-state index contributed by atoms with van der Waals surface area (Å²) in [4.78, 5) is 17.7. The normalized spacial score (nSPS) is 13.8. The molecule has 0 amide bonds. The van der Waals surface area contributed by atoms with Gasteiger partial charge in [-0.25, -0.2) is 19.3 Å². The highest BCUT2D eigenvalue weighted by Gasteiger charge is 2.30. The first kappa shape index (κ1) is 16.9. The van der Waals surface area contributed by atoms with E-state index in [0.717, 1.165) is 29.9 Å². The second-order valence-corrected chi connectivity index (χ2v) is 7.06. The highest BCUT2D eigenvalue weighted by molar-refractivity contribution is 6.33. The van der Waals surface area contributed by atoms with Crippen molar-refractivity contribution in [3.8, 4) is 11.4 Å². The average Bonchev–Trinajstić information content (AvgIpc) is 3.44. The van der Waals surface area contributed by atoms with Gasteiger partial charge in [0.1, 0.15) is 23.0 Å². The second kappa shape index (κ2) is 6.42. The lowest BCUT2D eigenvalue weighted by molar-refractivity contribution is 0.628. The lowest BCUT2D eigenvalue weighted by atomic mass is 10.2. The predicted molar refractivity (Wildman–Crippen MR) is 106 cm³/mol. The fraction of sp³-hybridized carbons (Fsp3) is 0.158. The highest BCUT2D eigenvalue weighted by atomic mass is 35.5. The van der Waals surface area contributed by atoms with Gasteiger partial charge in [-0.05, 0) is 43.2 Å². The maximum atomic E-state index is 13.3. The minimum Gasteiger partial charge on any atom is -0.384 e. The van der Waals surface area contributed by atoms with Crippen molar-refractivity contribution < 1.29 is 4.39 Å². The molecule has 1 aliphatic carbocycles. The smallest absolute Gasteiger partial charge is 0.229 e. The SMILES string of the molecule is Nc1cc(-c2nc3cnc(Nc4ccc(F)cc4Cl)nc3n2C2CC2)ccn1. The standard InChI is InChI=1S/C19H15ClFN7/c20-13-8-11(21)1-4-14(13)26-19-24-9-15-18(27-19)28(12-2-3-12)17(25-15)10-5-6-23-16(22)7-10/h1,4-9,12H,2-3H2,(H2,22,23)(H,24,26,27). The zero-order valence-electron chi connectivity index (χ0n) is 14.6. The molecule has 1 aromatic carbocycles. The Bertz CT molecular complexity index is 1200. The van der Waals surface area contributed by atoms with E-state index in [0.29, 0.717) is 29.0 Å². The molecule has 0 radical (unpaired) electrons. The van der Waals surface area contributed by atoms with Crippen molar-refractivity contribution >= 4 is 40.2 Å². The molecule has 3 aromatic heterocycles. The van der Waals surface area contributed by atoms with Crippen molar-refractivity contribution in [2.45, 2.75) is 18.9 Å². The van der Waals surface area contributed by atoms with Crippen LogP contribution in [0.5, 0.6) is 0 Å². The van der Waals surface area contributed by atoms with E-state index in [1.165, 1.54) is 12.1 Å². The summed E-state index contributed by atoms with van der Waals surface area (Å²) >= 11 is 6.09. The molecule has 0 bridgehead atoms. The first-order valence-corrected chi connectivity index (χ1v) is 9.15. The number of anilines is 3. The van der Waals surface area contributed by atoms with E-state index in [1.54, 1.807) is 24.5 Å². The van der Waals surface area contributed by atoms with Crippen LogP contribution >= 0.6 is 11.6 Å². The Morgan fingerprint density at radius 2 is 2.00 bits per heavy atom. The number of fused-ring (bicyclic) bond motifs is 1. The summed E-state index contributed by atoms with van der Waals surface area (Å²) in [6.07, 6.45) is 5.45. The minimum absolute atomic E-state index is 0.257. The van der Waals surface area contributed by atoms with E-state index in [4.69, 9.17) is 22.3 Å². The molecule has 0 spiro atoms. The molecular weight excluding hydrogens is 381 g/mol. The molecule has 1 fully saturated rings. The van der Waals surface area contributed by atoms with E-state index < -0.39 is 5.82 Å². The molecule has 140 valence electrons. The summed E-state index contributed by atoms with van der Waals surface area (Å²) in [7, 11) is 0. The van der Waals surface area contributed by atoms with E-state index in [9.17, 15) is 4.39 Å². The average molecular weight is 396 g/mol. The van der Waals surface area contributed by atoms with Crippen molar-refractivity contribution in [2.75, 3.05) is 11.1 Å². The number of rotatable bonds is 4. The Morgan fingerprint density at radius 3 is 2.75 bits per heavy atom. The van der Waals surface area contributed by atoms with Crippen LogP contribution in [0.1, 0.15) is 18.9 Å². The van der Waals surface area contributed by atoms with Gasteiger partial charge in [-0.2, -0.15) is 4.98 Å². The number of benzene rings is 1. The Morgan fingerprint density at radius 1 is 1.14 bits per heavy atom.